The molecule has 0 aliphatic carbocycles. The number of carbonyl (C=O) groups excluding carboxylic acids is 2. The maximum Gasteiger partial charge on any atom is 0.308 e. The van der Waals surface area contributed by atoms with Gasteiger partial charge in [-0.3, -0.25) is 14.6 Å². The Hall–Kier alpha value is -8.02. The van der Waals surface area contributed by atoms with Crippen LogP contribution < -0.4 is 9.47 Å². The van der Waals surface area contributed by atoms with Crippen LogP contribution in [-0.4, -0.2) is 31.9 Å². The van der Waals surface area contributed by atoms with E-state index in [1.807, 2.05) is 0 Å². The first kappa shape index (κ1) is 43.2. The van der Waals surface area contributed by atoms with E-state index in [1.54, 1.807) is 6.07 Å². The van der Waals surface area contributed by atoms with Crippen molar-refractivity contribution in [1.82, 2.24) is 19.9 Å². The number of aromatic nitrogens is 4. The van der Waals surface area contributed by atoms with Gasteiger partial charge >= 0.3 is 11.9 Å². The van der Waals surface area contributed by atoms with Crippen LogP contribution in [0.4, 0.5) is 43.9 Å². The van der Waals surface area contributed by atoms with Crippen LogP contribution in [0.1, 0.15) is 36.6 Å². The molecule has 2 aliphatic rings. The molecule has 5 heterocycles. The molecule has 332 valence electrons. The van der Waals surface area contributed by atoms with E-state index in [-0.39, 0.29) is 91.4 Å². The highest BCUT2D eigenvalue weighted by Gasteiger charge is 2.32. The van der Waals surface area contributed by atoms with E-state index in [0.717, 1.165) is 13.8 Å². The molecule has 66 heavy (non-hydrogen) atoms. The Bertz CT molecular complexity index is 3410. The van der Waals surface area contributed by atoms with Crippen molar-refractivity contribution in [2.75, 3.05) is 0 Å². The Morgan fingerprint density at radius 2 is 0.803 bits per heavy atom. The summed E-state index contributed by atoms with van der Waals surface area (Å²) in [7, 11) is 0. The van der Waals surface area contributed by atoms with E-state index in [2.05, 4.69) is 15.0 Å². The molecule has 0 atom stereocenters. The molecule has 8 nitrogen and oxygen atoms in total. The zero-order valence-electron chi connectivity index (χ0n) is 33.8. The van der Waals surface area contributed by atoms with Crippen molar-refractivity contribution < 1.29 is 63.0 Å². The normalized spacial score (nSPS) is 12.2. The van der Waals surface area contributed by atoms with E-state index in [1.165, 1.54) is 78.9 Å². The van der Waals surface area contributed by atoms with Crippen LogP contribution in [0.15, 0.2) is 72.8 Å². The molecular weight excluding hydrogens is 887 g/mol. The van der Waals surface area contributed by atoms with Crippen molar-refractivity contribution in [2.45, 2.75) is 26.7 Å². The molecule has 8 bridgehead atoms. The third-order valence-electron chi connectivity index (χ3n) is 10.7. The molecule has 0 spiro atoms. The lowest BCUT2D eigenvalue weighted by Crippen LogP contribution is -2.05. The number of ether oxygens (including phenoxy) is 2. The number of H-pyrrole nitrogens is 2. The van der Waals surface area contributed by atoms with Gasteiger partial charge < -0.3 is 19.4 Å². The van der Waals surface area contributed by atoms with Gasteiger partial charge in [0.25, 0.3) is 0 Å². The second-order valence-corrected chi connectivity index (χ2v) is 14.9. The van der Waals surface area contributed by atoms with E-state index >= 15 is 35.1 Å². The molecule has 18 heteroatoms. The predicted octanol–water partition coefficient (Wildman–Crippen LogP) is 12.2. The molecule has 9 rings (SSSR count). The second-order valence-electron chi connectivity index (χ2n) is 14.9. The maximum atomic E-state index is 16.0. The highest BCUT2D eigenvalue weighted by atomic mass is 19.2. The summed E-state index contributed by atoms with van der Waals surface area (Å²) in [4.78, 5) is 39.2. The van der Waals surface area contributed by atoms with Crippen LogP contribution in [0.3, 0.4) is 0 Å². The fourth-order valence-corrected chi connectivity index (χ4v) is 8.05. The monoisotopic (exact) mass is 912 g/mol. The summed E-state index contributed by atoms with van der Waals surface area (Å²) in [5.74, 6) is -23.8. The topological polar surface area (TPSA) is 110 Å². The van der Waals surface area contributed by atoms with Crippen LogP contribution in [0.5, 0.6) is 11.5 Å². The van der Waals surface area contributed by atoms with Gasteiger partial charge in [0.1, 0.15) is 11.5 Å². The molecule has 0 saturated heterocycles. The highest BCUT2D eigenvalue weighted by molar-refractivity contribution is 5.98. The molecule has 4 aromatic carbocycles. The number of hydrogen-bond acceptors (Lipinski definition) is 6. The van der Waals surface area contributed by atoms with Gasteiger partial charge in [0.05, 0.1) is 33.9 Å². The molecule has 0 amide bonds. The van der Waals surface area contributed by atoms with Crippen molar-refractivity contribution in [1.29, 1.82) is 0 Å². The standard InChI is InChI=1S/C48H26F10N4O4/c1-19(63)65-23-7-3-5-21(17-23)33-25-9-13-29(59-25)35(37-39(49)43(53)47(57)44(54)40(37)50)31-15-11-27(61-31)34(22-6-4-8-24(18-22)66-20(2)64)28-12-16-32(62-28)36(30-14-10-26(33)60-30)38-41(51)45(55)48(58)46(56)42(38)52/h3-11,13-15,17-18,60-61H,12,16H2,1-2H3. The molecule has 2 aliphatic heterocycles. The van der Waals surface area contributed by atoms with Gasteiger partial charge in [-0.1, -0.05) is 24.3 Å². The third-order valence-corrected chi connectivity index (χ3v) is 10.7. The van der Waals surface area contributed by atoms with Gasteiger partial charge in [0, 0.05) is 58.2 Å². The van der Waals surface area contributed by atoms with E-state index in [0.29, 0.717) is 0 Å². The summed E-state index contributed by atoms with van der Waals surface area (Å²) >= 11 is 0. The first-order chi connectivity index (χ1) is 31.5. The first-order valence-electron chi connectivity index (χ1n) is 19.6. The lowest BCUT2D eigenvalue weighted by molar-refractivity contribution is -0.132. The van der Waals surface area contributed by atoms with Gasteiger partial charge in [-0.05, 0) is 84.7 Å². The number of benzene rings is 4. The number of halogens is 10. The van der Waals surface area contributed by atoms with Crippen molar-refractivity contribution in [3.8, 4) is 56.0 Å². The minimum atomic E-state index is -2.41. The van der Waals surface area contributed by atoms with Gasteiger partial charge in [-0.2, -0.15) is 0 Å². The number of aryl methyl sites for hydroxylation is 2. The summed E-state index contributed by atoms with van der Waals surface area (Å²) in [6.07, 6.45) is 2.29. The average Bonchev–Trinajstić information content (AvgIpc) is 4.14. The molecule has 0 saturated carbocycles. The number of carbonyl (C=O) groups is 2. The summed E-state index contributed by atoms with van der Waals surface area (Å²) in [6.45, 7) is 2.29. The zero-order chi connectivity index (χ0) is 46.9. The molecule has 0 radical (unpaired) electrons. The van der Waals surface area contributed by atoms with Crippen molar-refractivity contribution in [3.63, 3.8) is 0 Å². The molecule has 0 fully saturated rings. The van der Waals surface area contributed by atoms with Crippen LogP contribution in [0.25, 0.3) is 78.7 Å². The Morgan fingerprint density at radius 1 is 0.439 bits per heavy atom. The molecule has 7 aromatic rings. The number of nitrogens with zero attached hydrogens (tertiary/aromatic N) is 2. The SMILES string of the molecule is CC(=O)Oc1cccc(-c2c3nc(c(-c4c(F)c(F)c(F)c(F)c4F)c4ccc([nH]4)c(-c4cccc(OC(C)=O)c4)c4nc(c(-c5c(F)c(F)c(F)c(F)c5F)c5ccc2[nH]5)CC4)C=C3)c1. The van der Waals surface area contributed by atoms with Crippen molar-refractivity contribution >= 4 is 46.2 Å². The number of fused-ring (bicyclic) bond motifs is 8. The zero-order valence-corrected chi connectivity index (χ0v) is 33.8. The molecule has 3 aromatic heterocycles. The third kappa shape index (κ3) is 7.33. The molecule has 2 N–H and O–H groups in total. The summed E-state index contributed by atoms with van der Waals surface area (Å²) in [5, 5.41) is 0. The minimum absolute atomic E-state index is 0.0215. The van der Waals surface area contributed by atoms with Crippen LogP contribution >= 0.6 is 0 Å². The largest absolute Gasteiger partial charge is 0.427 e. The fourth-order valence-electron chi connectivity index (χ4n) is 8.05. The number of esters is 2. The minimum Gasteiger partial charge on any atom is -0.427 e. The Labute approximate surface area is 364 Å². The quantitative estimate of drug-likeness (QED) is 0.0565. The van der Waals surface area contributed by atoms with Crippen molar-refractivity contribution in [2.24, 2.45) is 0 Å². The van der Waals surface area contributed by atoms with Gasteiger partial charge in [0.15, 0.2) is 46.5 Å². The summed E-state index contributed by atoms with van der Waals surface area (Å²) in [6, 6.07) is 17.0. The number of nitrogens with one attached hydrogen (secondary N) is 2. The maximum absolute atomic E-state index is 16.0. The fraction of sp³-hybridized carbons (Fsp3) is 0.0833. The Morgan fingerprint density at radius 3 is 1.27 bits per heavy atom. The number of hydrogen-bond donors (Lipinski definition) is 2. The number of aromatic amines is 2. The van der Waals surface area contributed by atoms with Gasteiger partial charge in [0.2, 0.25) is 11.6 Å². The lowest BCUT2D eigenvalue weighted by Gasteiger charge is -2.11. The summed E-state index contributed by atoms with van der Waals surface area (Å²) in [5.41, 5.74) is -3.87. The van der Waals surface area contributed by atoms with Gasteiger partial charge in [-0.25, -0.2) is 48.9 Å². The van der Waals surface area contributed by atoms with Crippen molar-refractivity contribution in [3.05, 3.63) is 154 Å². The Balaban J connectivity index is 1.51. The number of rotatable bonds is 6. The lowest BCUT2D eigenvalue weighted by atomic mass is 9.99. The average molecular weight is 913 g/mol. The van der Waals surface area contributed by atoms with E-state index < -0.39 is 92.4 Å². The predicted molar refractivity (Wildman–Crippen MR) is 221 cm³/mol. The van der Waals surface area contributed by atoms with Gasteiger partial charge in [-0.15, -0.1) is 0 Å². The smallest absolute Gasteiger partial charge is 0.308 e. The highest BCUT2D eigenvalue weighted by Crippen LogP contribution is 2.42. The van der Waals surface area contributed by atoms with Crippen LogP contribution in [-0.2, 0) is 22.4 Å². The molecule has 0 unspecified atom stereocenters. The Kier molecular flexibility index (Phi) is 10.8. The van der Waals surface area contributed by atoms with Crippen LogP contribution in [0.2, 0.25) is 0 Å². The second kappa shape index (κ2) is 16.5. The summed E-state index contributed by atoms with van der Waals surface area (Å²) < 4.78 is 164. The molecular formula is C48H26F10N4O4. The van der Waals surface area contributed by atoms with E-state index in [4.69, 9.17) is 14.5 Å². The first-order valence-corrected chi connectivity index (χ1v) is 19.6. The van der Waals surface area contributed by atoms with E-state index in [9.17, 15) is 18.4 Å². The van der Waals surface area contributed by atoms with Crippen LogP contribution in [0, 0.1) is 58.2 Å².